The predicted octanol–water partition coefficient (Wildman–Crippen LogP) is 3.20. The first-order valence-electron chi connectivity index (χ1n) is 8.46. The Morgan fingerprint density at radius 2 is 1.96 bits per heavy atom. The smallest absolute Gasteiger partial charge is 0.173 e. The van der Waals surface area contributed by atoms with Gasteiger partial charge in [0.25, 0.3) is 0 Å². The van der Waals surface area contributed by atoms with Crippen molar-refractivity contribution in [3.63, 3.8) is 0 Å². The first-order valence-corrected chi connectivity index (χ1v) is 9.24. The van der Waals surface area contributed by atoms with Crippen LogP contribution in [0.2, 0.25) is 5.02 Å². The summed E-state index contributed by atoms with van der Waals surface area (Å²) in [5.74, 6) is 0. The molecule has 1 aromatic heterocycles. The van der Waals surface area contributed by atoms with Crippen molar-refractivity contribution in [1.29, 1.82) is 0 Å². The van der Waals surface area contributed by atoms with Gasteiger partial charge in [0.15, 0.2) is 5.11 Å². The number of anilines is 1. The Labute approximate surface area is 159 Å². The van der Waals surface area contributed by atoms with Crippen LogP contribution in [-0.4, -0.2) is 50.9 Å². The zero-order chi connectivity index (χ0) is 18.0. The number of nitrogens with one attached hydrogen (secondary N) is 1. The SMILES string of the molecule is Cc1ccc(Cl)cc1NC(=S)N1CCN(Cc2cn(C)nc2C)CC1. The molecule has 0 aliphatic carbocycles. The predicted molar refractivity (Wildman–Crippen MR) is 107 cm³/mol. The Bertz CT molecular complexity index is 765. The lowest BCUT2D eigenvalue weighted by Gasteiger charge is -2.36. The minimum atomic E-state index is 0.715. The van der Waals surface area contributed by atoms with Gasteiger partial charge in [-0.15, -0.1) is 0 Å². The van der Waals surface area contributed by atoms with Gasteiger partial charge in [-0.05, 0) is 43.8 Å². The number of hydrogen-bond acceptors (Lipinski definition) is 3. The Hall–Kier alpha value is -1.63. The van der Waals surface area contributed by atoms with Crippen LogP contribution in [0.15, 0.2) is 24.4 Å². The van der Waals surface area contributed by atoms with Gasteiger partial charge in [0.05, 0.1) is 5.69 Å². The van der Waals surface area contributed by atoms with E-state index in [2.05, 4.69) is 40.3 Å². The third kappa shape index (κ3) is 4.51. The average molecular weight is 378 g/mol. The number of aryl methyl sites for hydroxylation is 3. The molecule has 0 unspecified atom stereocenters. The number of nitrogens with zero attached hydrogens (tertiary/aromatic N) is 4. The van der Waals surface area contributed by atoms with Crippen LogP contribution in [0.5, 0.6) is 0 Å². The van der Waals surface area contributed by atoms with E-state index < -0.39 is 0 Å². The van der Waals surface area contributed by atoms with Crippen molar-refractivity contribution in [2.24, 2.45) is 7.05 Å². The molecule has 5 nitrogen and oxygen atoms in total. The lowest BCUT2D eigenvalue weighted by molar-refractivity contribution is 0.176. The monoisotopic (exact) mass is 377 g/mol. The fourth-order valence-corrected chi connectivity index (χ4v) is 3.54. The average Bonchev–Trinajstić information content (AvgIpc) is 2.89. The third-order valence-electron chi connectivity index (χ3n) is 4.61. The Balaban J connectivity index is 1.54. The van der Waals surface area contributed by atoms with Crippen molar-refractivity contribution in [2.75, 3.05) is 31.5 Å². The first-order chi connectivity index (χ1) is 11.9. The number of piperazine rings is 1. The summed E-state index contributed by atoms with van der Waals surface area (Å²) < 4.78 is 1.88. The second kappa shape index (κ2) is 7.72. The van der Waals surface area contributed by atoms with Crippen molar-refractivity contribution in [3.8, 4) is 0 Å². The number of thiocarbonyl (C=S) groups is 1. The van der Waals surface area contributed by atoms with Crippen LogP contribution >= 0.6 is 23.8 Å². The molecule has 0 amide bonds. The van der Waals surface area contributed by atoms with E-state index in [4.69, 9.17) is 23.8 Å². The van der Waals surface area contributed by atoms with E-state index in [9.17, 15) is 0 Å². The van der Waals surface area contributed by atoms with Gasteiger partial charge in [0.1, 0.15) is 0 Å². The van der Waals surface area contributed by atoms with Gasteiger partial charge in [-0.2, -0.15) is 5.10 Å². The van der Waals surface area contributed by atoms with Gasteiger partial charge in [-0.25, -0.2) is 0 Å². The summed E-state index contributed by atoms with van der Waals surface area (Å²) in [7, 11) is 1.97. The molecule has 1 N–H and O–H groups in total. The number of halogens is 1. The molecule has 25 heavy (non-hydrogen) atoms. The van der Waals surface area contributed by atoms with Crippen LogP contribution in [0.4, 0.5) is 5.69 Å². The molecule has 0 radical (unpaired) electrons. The molecule has 0 bridgehead atoms. The molecule has 1 saturated heterocycles. The summed E-state index contributed by atoms with van der Waals surface area (Å²) in [5.41, 5.74) is 4.52. The number of hydrogen-bond donors (Lipinski definition) is 1. The highest BCUT2D eigenvalue weighted by Crippen LogP contribution is 2.21. The zero-order valence-corrected chi connectivity index (χ0v) is 16.5. The van der Waals surface area contributed by atoms with Crippen LogP contribution in [0.25, 0.3) is 0 Å². The van der Waals surface area contributed by atoms with Gasteiger partial charge >= 0.3 is 0 Å². The highest BCUT2D eigenvalue weighted by Gasteiger charge is 2.20. The van der Waals surface area contributed by atoms with Gasteiger partial charge < -0.3 is 10.2 Å². The summed E-state index contributed by atoms with van der Waals surface area (Å²) in [5, 5.41) is 9.24. The molecule has 1 fully saturated rings. The van der Waals surface area contributed by atoms with E-state index in [0.717, 1.165) is 54.8 Å². The molecule has 1 aromatic carbocycles. The van der Waals surface area contributed by atoms with Gasteiger partial charge in [-0.1, -0.05) is 17.7 Å². The van der Waals surface area contributed by atoms with E-state index in [1.165, 1.54) is 5.56 Å². The molecular formula is C18H24ClN5S. The lowest BCUT2D eigenvalue weighted by Crippen LogP contribution is -2.49. The molecule has 0 atom stereocenters. The third-order valence-corrected chi connectivity index (χ3v) is 5.21. The maximum absolute atomic E-state index is 6.09. The van der Waals surface area contributed by atoms with E-state index in [-0.39, 0.29) is 0 Å². The van der Waals surface area contributed by atoms with E-state index in [1.54, 1.807) is 0 Å². The Morgan fingerprint density at radius 1 is 1.24 bits per heavy atom. The second-order valence-electron chi connectivity index (χ2n) is 6.57. The maximum atomic E-state index is 6.09. The van der Waals surface area contributed by atoms with Crippen molar-refractivity contribution in [2.45, 2.75) is 20.4 Å². The first kappa shape index (κ1) is 18.2. The van der Waals surface area contributed by atoms with Gasteiger partial charge in [-0.3, -0.25) is 9.58 Å². The Kier molecular flexibility index (Phi) is 5.61. The standard InChI is InChI=1S/C18H24ClN5S/c1-13-4-5-16(19)10-17(13)20-18(25)24-8-6-23(7-9-24)12-15-11-22(3)21-14(15)2/h4-5,10-11H,6-9,12H2,1-3H3,(H,20,25). The molecule has 134 valence electrons. The molecule has 3 rings (SSSR count). The summed E-state index contributed by atoms with van der Waals surface area (Å²) in [6.07, 6.45) is 2.11. The van der Waals surface area contributed by atoms with Crippen molar-refractivity contribution in [3.05, 3.63) is 46.2 Å². The molecule has 7 heteroatoms. The number of rotatable bonds is 3. The maximum Gasteiger partial charge on any atom is 0.173 e. The fourth-order valence-electron chi connectivity index (χ4n) is 3.08. The van der Waals surface area contributed by atoms with Crippen molar-refractivity contribution >= 4 is 34.6 Å². The number of aromatic nitrogens is 2. The quantitative estimate of drug-likeness (QED) is 0.831. The second-order valence-corrected chi connectivity index (χ2v) is 7.39. The highest BCUT2D eigenvalue weighted by atomic mass is 35.5. The van der Waals surface area contributed by atoms with Crippen LogP contribution in [0.1, 0.15) is 16.8 Å². The molecule has 1 aliphatic heterocycles. The van der Waals surface area contributed by atoms with Crippen molar-refractivity contribution < 1.29 is 0 Å². The van der Waals surface area contributed by atoms with Crippen LogP contribution in [0, 0.1) is 13.8 Å². The van der Waals surface area contributed by atoms with E-state index >= 15 is 0 Å². The fraction of sp³-hybridized carbons (Fsp3) is 0.444. The topological polar surface area (TPSA) is 36.3 Å². The van der Waals surface area contributed by atoms with E-state index in [1.807, 2.05) is 29.9 Å². The van der Waals surface area contributed by atoms with Crippen LogP contribution in [0.3, 0.4) is 0 Å². The van der Waals surface area contributed by atoms with Gasteiger partial charge in [0.2, 0.25) is 0 Å². The van der Waals surface area contributed by atoms with E-state index in [0.29, 0.717) is 5.02 Å². The molecule has 2 aromatic rings. The molecule has 0 saturated carbocycles. The minimum absolute atomic E-state index is 0.715. The molecule has 2 heterocycles. The summed E-state index contributed by atoms with van der Waals surface area (Å²) in [6.45, 7) is 8.89. The minimum Gasteiger partial charge on any atom is -0.346 e. The zero-order valence-electron chi connectivity index (χ0n) is 14.9. The lowest BCUT2D eigenvalue weighted by atomic mass is 10.2. The molecule has 1 aliphatic rings. The van der Waals surface area contributed by atoms with Gasteiger partial charge in [0, 0.05) is 62.2 Å². The Morgan fingerprint density at radius 3 is 2.60 bits per heavy atom. The molecular weight excluding hydrogens is 354 g/mol. The largest absolute Gasteiger partial charge is 0.346 e. The summed E-state index contributed by atoms with van der Waals surface area (Å²) >= 11 is 11.7. The highest BCUT2D eigenvalue weighted by molar-refractivity contribution is 7.80. The normalized spacial score (nSPS) is 15.4. The van der Waals surface area contributed by atoms with Crippen LogP contribution in [-0.2, 0) is 13.6 Å². The summed E-state index contributed by atoms with van der Waals surface area (Å²) in [4.78, 5) is 4.68. The van der Waals surface area contributed by atoms with Crippen molar-refractivity contribution in [1.82, 2.24) is 19.6 Å². The van der Waals surface area contributed by atoms with Crippen LogP contribution < -0.4 is 5.32 Å². The summed E-state index contributed by atoms with van der Waals surface area (Å²) in [6, 6.07) is 5.82. The number of benzene rings is 1. The molecule has 0 spiro atoms.